The molecule has 0 bridgehead atoms. The highest BCUT2D eigenvalue weighted by Gasteiger charge is 2.27. The maximum absolute atomic E-state index is 11.7. The van der Waals surface area contributed by atoms with E-state index in [1.807, 2.05) is 6.92 Å². The second-order valence-corrected chi connectivity index (χ2v) is 5.55. The van der Waals surface area contributed by atoms with Gasteiger partial charge in [0.05, 0.1) is 6.10 Å². The SMILES string of the molecule is CCP(=O)(OC)OC1CCCC1. The van der Waals surface area contributed by atoms with Crippen LogP contribution in [-0.4, -0.2) is 19.4 Å². The van der Waals surface area contributed by atoms with E-state index in [0.717, 1.165) is 12.8 Å². The third-order valence-electron chi connectivity index (χ3n) is 2.28. The summed E-state index contributed by atoms with van der Waals surface area (Å²) in [5.74, 6) is 0. The van der Waals surface area contributed by atoms with Gasteiger partial charge >= 0.3 is 7.60 Å². The number of hydrogen-bond donors (Lipinski definition) is 0. The van der Waals surface area contributed by atoms with E-state index in [0.29, 0.717) is 6.16 Å². The van der Waals surface area contributed by atoms with Gasteiger partial charge in [0, 0.05) is 13.3 Å². The Morgan fingerprint density at radius 1 is 1.42 bits per heavy atom. The molecule has 1 saturated carbocycles. The molecule has 1 aliphatic carbocycles. The van der Waals surface area contributed by atoms with Crippen molar-refractivity contribution in [3.8, 4) is 0 Å². The lowest BCUT2D eigenvalue weighted by atomic mass is 10.3. The minimum absolute atomic E-state index is 0.177. The first kappa shape index (κ1) is 10.2. The molecule has 0 N–H and O–H groups in total. The monoisotopic (exact) mass is 192 g/mol. The van der Waals surface area contributed by atoms with Gasteiger partial charge < -0.3 is 9.05 Å². The molecule has 1 fully saturated rings. The van der Waals surface area contributed by atoms with Gasteiger partial charge in [-0.15, -0.1) is 0 Å². The Hall–Kier alpha value is 0.150. The van der Waals surface area contributed by atoms with E-state index in [4.69, 9.17) is 9.05 Å². The van der Waals surface area contributed by atoms with Crippen LogP contribution < -0.4 is 0 Å². The van der Waals surface area contributed by atoms with E-state index in [1.165, 1.54) is 20.0 Å². The Morgan fingerprint density at radius 2 is 2.00 bits per heavy atom. The van der Waals surface area contributed by atoms with Crippen LogP contribution in [0, 0.1) is 0 Å². The summed E-state index contributed by atoms with van der Waals surface area (Å²) in [5.41, 5.74) is 0. The van der Waals surface area contributed by atoms with Crippen LogP contribution in [0.25, 0.3) is 0 Å². The van der Waals surface area contributed by atoms with Crippen molar-refractivity contribution in [1.29, 1.82) is 0 Å². The van der Waals surface area contributed by atoms with Gasteiger partial charge in [0.2, 0.25) is 0 Å². The van der Waals surface area contributed by atoms with E-state index in [9.17, 15) is 4.57 Å². The Kier molecular flexibility index (Phi) is 3.76. The fourth-order valence-corrected chi connectivity index (χ4v) is 2.63. The van der Waals surface area contributed by atoms with Crippen LogP contribution in [0.4, 0.5) is 0 Å². The van der Waals surface area contributed by atoms with Gasteiger partial charge in [-0.05, 0) is 12.8 Å². The van der Waals surface area contributed by atoms with Crippen molar-refractivity contribution in [2.24, 2.45) is 0 Å². The molecule has 0 amide bonds. The summed E-state index contributed by atoms with van der Waals surface area (Å²) in [4.78, 5) is 0. The average molecular weight is 192 g/mol. The Labute approximate surface area is 74.0 Å². The first-order chi connectivity index (χ1) is 5.70. The molecule has 1 unspecified atom stereocenters. The first-order valence-electron chi connectivity index (χ1n) is 4.53. The van der Waals surface area contributed by atoms with Crippen molar-refractivity contribution in [1.82, 2.24) is 0 Å². The van der Waals surface area contributed by atoms with Crippen LogP contribution >= 0.6 is 7.60 Å². The molecule has 3 nitrogen and oxygen atoms in total. The molecule has 0 aromatic heterocycles. The fourth-order valence-electron chi connectivity index (χ4n) is 1.47. The molecule has 0 spiro atoms. The van der Waals surface area contributed by atoms with Crippen molar-refractivity contribution >= 4 is 7.60 Å². The van der Waals surface area contributed by atoms with Crippen LogP contribution in [0.3, 0.4) is 0 Å². The summed E-state index contributed by atoms with van der Waals surface area (Å²) in [7, 11) is -1.27. The lowest BCUT2D eigenvalue weighted by molar-refractivity contribution is 0.166. The Bertz CT molecular complexity index is 167. The summed E-state index contributed by atoms with van der Waals surface area (Å²) in [6.07, 6.45) is 5.10. The molecule has 0 radical (unpaired) electrons. The van der Waals surface area contributed by atoms with E-state index < -0.39 is 7.60 Å². The number of hydrogen-bond acceptors (Lipinski definition) is 3. The third kappa shape index (κ3) is 2.58. The highest BCUT2D eigenvalue weighted by atomic mass is 31.2. The Morgan fingerprint density at radius 3 is 2.42 bits per heavy atom. The lowest BCUT2D eigenvalue weighted by Gasteiger charge is -2.18. The minimum atomic E-state index is -2.73. The van der Waals surface area contributed by atoms with Crippen molar-refractivity contribution in [3.05, 3.63) is 0 Å². The van der Waals surface area contributed by atoms with Gasteiger partial charge in [0.15, 0.2) is 0 Å². The molecule has 0 heterocycles. The molecule has 0 aliphatic heterocycles. The van der Waals surface area contributed by atoms with Gasteiger partial charge in [-0.2, -0.15) is 0 Å². The normalized spacial score (nSPS) is 24.2. The van der Waals surface area contributed by atoms with Gasteiger partial charge in [0.1, 0.15) is 0 Å². The molecular formula is C8H17O3P. The summed E-state index contributed by atoms with van der Waals surface area (Å²) in [6, 6.07) is 0. The van der Waals surface area contributed by atoms with Crippen LogP contribution in [0.15, 0.2) is 0 Å². The topological polar surface area (TPSA) is 35.5 Å². The second-order valence-electron chi connectivity index (χ2n) is 3.12. The summed E-state index contributed by atoms with van der Waals surface area (Å²) >= 11 is 0. The van der Waals surface area contributed by atoms with E-state index >= 15 is 0 Å². The van der Waals surface area contributed by atoms with Crippen molar-refractivity contribution in [3.63, 3.8) is 0 Å². The quantitative estimate of drug-likeness (QED) is 0.642. The zero-order valence-electron chi connectivity index (χ0n) is 7.78. The van der Waals surface area contributed by atoms with Crippen LogP contribution in [0.5, 0.6) is 0 Å². The summed E-state index contributed by atoms with van der Waals surface area (Å²) in [5, 5.41) is 0. The molecule has 72 valence electrons. The van der Waals surface area contributed by atoms with Crippen molar-refractivity contribution in [2.75, 3.05) is 13.3 Å². The smallest absolute Gasteiger partial charge is 0.312 e. The van der Waals surface area contributed by atoms with E-state index in [2.05, 4.69) is 0 Å². The third-order valence-corrected chi connectivity index (χ3v) is 4.23. The van der Waals surface area contributed by atoms with E-state index in [-0.39, 0.29) is 6.10 Å². The fraction of sp³-hybridized carbons (Fsp3) is 1.00. The summed E-state index contributed by atoms with van der Waals surface area (Å²) < 4.78 is 22.0. The molecular weight excluding hydrogens is 175 g/mol. The predicted molar refractivity (Wildman–Crippen MR) is 48.5 cm³/mol. The van der Waals surface area contributed by atoms with Crippen LogP contribution in [0.2, 0.25) is 0 Å². The molecule has 1 atom stereocenters. The maximum atomic E-state index is 11.7. The molecule has 12 heavy (non-hydrogen) atoms. The maximum Gasteiger partial charge on any atom is 0.330 e. The van der Waals surface area contributed by atoms with E-state index in [1.54, 1.807) is 0 Å². The minimum Gasteiger partial charge on any atom is -0.312 e. The Balaban J connectivity index is 2.41. The number of rotatable bonds is 4. The predicted octanol–water partition coefficient (Wildman–Crippen LogP) is 2.81. The van der Waals surface area contributed by atoms with Gasteiger partial charge in [-0.1, -0.05) is 19.8 Å². The van der Waals surface area contributed by atoms with Crippen LogP contribution in [0.1, 0.15) is 32.6 Å². The van der Waals surface area contributed by atoms with Crippen LogP contribution in [-0.2, 0) is 13.6 Å². The van der Waals surface area contributed by atoms with Gasteiger partial charge in [-0.25, -0.2) is 0 Å². The van der Waals surface area contributed by atoms with Crippen molar-refractivity contribution < 1.29 is 13.6 Å². The zero-order chi connectivity index (χ0) is 9.03. The molecule has 0 aromatic carbocycles. The van der Waals surface area contributed by atoms with Gasteiger partial charge in [-0.3, -0.25) is 4.57 Å². The highest BCUT2D eigenvalue weighted by molar-refractivity contribution is 7.53. The largest absolute Gasteiger partial charge is 0.330 e. The lowest BCUT2D eigenvalue weighted by Crippen LogP contribution is -2.07. The molecule has 4 heteroatoms. The second kappa shape index (κ2) is 4.40. The summed E-state index contributed by atoms with van der Waals surface area (Å²) in [6.45, 7) is 1.83. The molecule has 0 aromatic rings. The average Bonchev–Trinajstić information content (AvgIpc) is 2.57. The molecule has 0 saturated heterocycles. The van der Waals surface area contributed by atoms with Gasteiger partial charge in [0.25, 0.3) is 0 Å². The van der Waals surface area contributed by atoms with Crippen molar-refractivity contribution in [2.45, 2.75) is 38.7 Å². The standard InChI is InChI=1S/C8H17O3P/c1-3-12(9,10-2)11-8-6-4-5-7-8/h8H,3-7H2,1-2H3. The highest BCUT2D eigenvalue weighted by Crippen LogP contribution is 2.49. The zero-order valence-corrected chi connectivity index (χ0v) is 8.68. The molecule has 1 rings (SSSR count). The first-order valence-corrected chi connectivity index (χ1v) is 6.26. The molecule has 1 aliphatic rings.